The van der Waals surface area contributed by atoms with E-state index in [4.69, 9.17) is 4.74 Å². The van der Waals surface area contributed by atoms with E-state index in [1.807, 2.05) is 45.3 Å². The highest BCUT2D eigenvalue weighted by Crippen LogP contribution is 2.24. The molecule has 24 heavy (non-hydrogen) atoms. The molecule has 1 unspecified atom stereocenters. The molecule has 1 aromatic carbocycles. The van der Waals surface area contributed by atoms with Crippen molar-refractivity contribution >= 4 is 22.9 Å². The fourth-order valence-corrected chi connectivity index (χ4v) is 3.39. The molecule has 130 valence electrons. The summed E-state index contributed by atoms with van der Waals surface area (Å²) >= 11 is 1.75. The lowest BCUT2D eigenvalue weighted by Crippen LogP contribution is -2.25. The van der Waals surface area contributed by atoms with Gasteiger partial charge in [-0.05, 0) is 37.0 Å². The normalized spacial score (nSPS) is 12.0. The second kappa shape index (κ2) is 9.45. The maximum Gasteiger partial charge on any atom is 0.226 e. The van der Waals surface area contributed by atoms with Crippen LogP contribution >= 0.6 is 11.3 Å². The Labute approximate surface area is 148 Å². The van der Waals surface area contributed by atoms with Gasteiger partial charge in [0.15, 0.2) is 0 Å². The molecule has 0 bridgehead atoms. The summed E-state index contributed by atoms with van der Waals surface area (Å²) in [7, 11) is 3.78. The summed E-state index contributed by atoms with van der Waals surface area (Å²) in [5.41, 5.74) is 0.870. The molecule has 0 aliphatic rings. The van der Waals surface area contributed by atoms with Crippen LogP contribution < -0.4 is 15.0 Å². The van der Waals surface area contributed by atoms with Gasteiger partial charge in [0.25, 0.3) is 0 Å². The number of benzene rings is 1. The Morgan fingerprint density at radius 3 is 2.83 bits per heavy atom. The van der Waals surface area contributed by atoms with E-state index >= 15 is 0 Å². The number of nitrogens with one attached hydrogen (secondary N) is 1. The zero-order valence-electron chi connectivity index (χ0n) is 14.6. The topological polar surface area (TPSA) is 41.6 Å². The fourth-order valence-electron chi connectivity index (χ4n) is 2.52. The zero-order valence-corrected chi connectivity index (χ0v) is 15.4. The number of carbonyl (C=O) groups excluding carboxylic acids is 1. The molecular formula is C19H26N2O2S. The first kappa shape index (κ1) is 18.5. The van der Waals surface area contributed by atoms with E-state index in [1.165, 1.54) is 4.88 Å². The number of hydrogen-bond donors (Lipinski definition) is 1. The molecule has 0 saturated heterocycles. The van der Waals surface area contributed by atoms with Crippen LogP contribution in [0.1, 0.15) is 37.1 Å². The second-order valence-corrected chi connectivity index (χ2v) is 6.67. The van der Waals surface area contributed by atoms with E-state index in [0.717, 1.165) is 24.3 Å². The van der Waals surface area contributed by atoms with Gasteiger partial charge in [-0.2, -0.15) is 0 Å². The lowest BCUT2D eigenvalue weighted by molar-refractivity contribution is -0.118. The molecule has 2 rings (SSSR count). The van der Waals surface area contributed by atoms with E-state index < -0.39 is 0 Å². The average Bonchev–Trinajstić information content (AvgIpc) is 3.13. The van der Waals surface area contributed by atoms with Gasteiger partial charge < -0.3 is 15.0 Å². The van der Waals surface area contributed by atoms with Crippen LogP contribution in [0.2, 0.25) is 0 Å². The smallest absolute Gasteiger partial charge is 0.226 e. The van der Waals surface area contributed by atoms with Crippen molar-refractivity contribution < 1.29 is 9.53 Å². The molecule has 2 aromatic rings. The molecular weight excluding hydrogens is 320 g/mol. The predicted molar refractivity (Wildman–Crippen MR) is 101 cm³/mol. The zero-order chi connectivity index (χ0) is 17.4. The monoisotopic (exact) mass is 346 g/mol. The molecule has 1 aromatic heterocycles. The van der Waals surface area contributed by atoms with Crippen LogP contribution in [0.4, 0.5) is 5.69 Å². The summed E-state index contributed by atoms with van der Waals surface area (Å²) in [6, 6.07) is 12.2. The van der Waals surface area contributed by atoms with Gasteiger partial charge in [0, 0.05) is 42.6 Å². The van der Waals surface area contributed by atoms with Crippen molar-refractivity contribution in [1.29, 1.82) is 0 Å². The molecule has 1 heterocycles. The predicted octanol–water partition coefficient (Wildman–Crippen LogP) is 4.24. The number of carbonyl (C=O) groups is 1. The summed E-state index contributed by atoms with van der Waals surface area (Å²) in [4.78, 5) is 15.0. The van der Waals surface area contributed by atoms with Crippen molar-refractivity contribution in [2.45, 2.75) is 32.2 Å². The molecule has 0 aliphatic heterocycles. The van der Waals surface area contributed by atoms with Crippen LogP contribution in [0.5, 0.6) is 5.75 Å². The highest BCUT2D eigenvalue weighted by atomic mass is 32.1. The summed E-state index contributed by atoms with van der Waals surface area (Å²) in [5, 5.41) is 5.42. The van der Waals surface area contributed by atoms with E-state index in [-0.39, 0.29) is 5.91 Å². The highest BCUT2D eigenvalue weighted by Gasteiger charge is 2.12. The van der Waals surface area contributed by atoms with Crippen molar-refractivity contribution in [2.24, 2.45) is 0 Å². The van der Waals surface area contributed by atoms with Gasteiger partial charge in [0.05, 0.1) is 6.61 Å². The van der Waals surface area contributed by atoms with E-state index in [9.17, 15) is 4.79 Å². The Morgan fingerprint density at radius 1 is 1.33 bits per heavy atom. The van der Waals surface area contributed by atoms with E-state index in [2.05, 4.69) is 22.8 Å². The molecule has 1 amide bonds. The number of hydrogen-bond acceptors (Lipinski definition) is 4. The van der Waals surface area contributed by atoms with Crippen LogP contribution in [-0.4, -0.2) is 26.6 Å². The first-order valence-corrected chi connectivity index (χ1v) is 9.23. The third kappa shape index (κ3) is 5.08. The van der Waals surface area contributed by atoms with Gasteiger partial charge in [-0.1, -0.05) is 19.1 Å². The largest absolute Gasteiger partial charge is 0.493 e. The molecule has 5 heteroatoms. The van der Waals surface area contributed by atoms with Crippen molar-refractivity contribution in [3.05, 3.63) is 46.7 Å². The maximum absolute atomic E-state index is 12.0. The number of anilines is 1. The van der Waals surface area contributed by atoms with Gasteiger partial charge in [0.1, 0.15) is 5.75 Å². The quantitative estimate of drug-likeness (QED) is 0.738. The lowest BCUT2D eigenvalue weighted by Gasteiger charge is -2.19. The second-order valence-electron chi connectivity index (χ2n) is 5.69. The van der Waals surface area contributed by atoms with Gasteiger partial charge in [-0.15, -0.1) is 11.3 Å². The molecule has 0 aliphatic carbocycles. The summed E-state index contributed by atoms with van der Waals surface area (Å²) in [5.74, 6) is 0.923. The van der Waals surface area contributed by atoms with Gasteiger partial charge in [-0.3, -0.25) is 4.79 Å². The van der Waals surface area contributed by atoms with Crippen LogP contribution in [0.25, 0.3) is 0 Å². The molecule has 0 spiro atoms. The minimum Gasteiger partial charge on any atom is -0.493 e. The van der Waals surface area contributed by atoms with Crippen LogP contribution in [-0.2, 0) is 4.79 Å². The van der Waals surface area contributed by atoms with Crippen molar-refractivity contribution in [3.63, 3.8) is 0 Å². The Kier molecular flexibility index (Phi) is 7.28. The molecule has 1 N–H and O–H groups in total. The van der Waals surface area contributed by atoms with E-state index in [1.54, 1.807) is 16.2 Å². The first-order chi connectivity index (χ1) is 11.7. The van der Waals surface area contributed by atoms with Crippen molar-refractivity contribution in [3.8, 4) is 5.75 Å². The van der Waals surface area contributed by atoms with Crippen molar-refractivity contribution in [2.75, 3.05) is 25.6 Å². The average molecular weight is 346 g/mol. The molecule has 0 radical (unpaired) electrons. The molecule has 1 atom stereocenters. The number of amides is 1. The summed E-state index contributed by atoms with van der Waals surface area (Å²) in [6.45, 7) is 2.64. The number of nitrogens with zero attached hydrogens (tertiary/aromatic N) is 1. The van der Waals surface area contributed by atoms with Gasteiger partial charge in [0.2, 0.25) is 5.91 Å². The third-order valence-electron chi connectivity index (χ3n) is 3.95. The van der Waals surface area contributed by atoms with Crippen LogP contribution in [0.3, 0.4) is 0 Å². The molecule has 0 fully saturated rings. The van der Waals surface area contributed by atoms with Crippen LogP contribution in [0, 0.1) is 0 Å². The van der Waals surface area contributed by atoms with Crippen molar-refractivity contribution in [1.82, 2.24) is 5.32 Å². The lowest BCUT2D eigenvalue weighted by atomic mass is 10.2. The minimum atomic E-state index is 0.127. The fraction of sp³-hybridized carbons (Fsp3) is 0.421. The number of ether oxygens (including phenoxy) is 1. The molecule has 0 saturated carbocycles. The Bertz CT molecular complexity index is 628. The SMILES string of the molecule is CCCC(=O)N(C)c1cccc(OCCC(NC)c2cccs2)c1. The standard InChI is InChI=1S/C19H26N2O2S/c1-4-7-19(22)21(3)15-8-5-9-16(14-15)23-12-11-17(20-2)18-10-6-13-24-18/h5-6,8-10,13-14,17,20H,4,7,11-12H2,1-3H3. The third-order valence-corrected chi connectivity index (χ3v) is 4.94. The van der Waals surface area contributed by atoms with E-state index in [0.29, 0.717) is 19.1 Å². The minimum absolute atomic E-state index is 0.127. The Morgan fingerprint density at radius 2 is 2.17 bits per heavy atom. The van der Waals surface area contributed by atoms with Crippen LogP contribution in [0.15, 0.2) is 41.8 Å². The number of thiophene rings is 1. The summed E-state index contributed by atoms with van der Waals surface area (Å²) < 4.78 is 5.89. The Hall–Kier alpha value is -1.85. The van der Waals surface area contributed by atoms with Gasteiger partial charge >= 0.3 is 0 Å². The Balaban J connectivity index is 1.91. The maximum atomic E-state index is 12.0. The van der Waals surface area contributed by atoms with Gasteiger partial charge in [-0.25, -0.2) is 0 Å². The number of rotatable bonds is 9. The first-order valence-electron chi connectivity index (χ1n) is 8.35. The molecule has 4 nitrogen and oxygen atoms in total. The highest BCUT2D eigenvalue weighted by molar-refractivity contribution is 7.10. The summed E-state index contributed by atoms with van der Waals surface area (Å²) in [6.07, 6.45) is 2.31.